The highest BCUT2D eigenvalue weighted by atomic mass is 16.2. The minimum absolute atomic E-state index is 0.112. The Morgan fingerprint density at radius 1 is 1.31 bits per heavy atom. The van der Waals surface area contributed by atoms with E-state index >= 15 is 0 Å². The average molecular weight is 183 g/mol. The van der Waals surface area contributed by atoms with Crippen LogP contribution in [0.2, 0.25) is 0 Å². The van der Waals surface area contributed by atoms with Crippen LogP contribution in [-0.4, -0.2) is 36.1 Å². The van der Waals surface area contributed by atoms with Gasteiger partial charge in [-0.15, -0.1) is 0 Å². The Morgan fingerprint density at radius 2 is 2.00 bits per heavy atom. The van der Waals surface area contributed by atoms with Gasteiger partial charge in [0.2, 0.25) is 0 Å². The van der Waals surface area contributed by atoms with E-state index in [0.29, 0.717) is 12.1 Å². The molecule has 0 aromatic rings. The number of nitrogens with zero attached hydrogens (tertiary/aromatic N) is 1. The lowest BCUT2D eigenvalue weighted by Crippen LogP contribution is -2.42. The summed E-state index contributed by atoms with van der Waals surface area (Å²) >= 11 is 0. The van der Waals surface area contributed by atoms with E-state index in [4.69, 9.17) is 5.73 Å². The lowest BCUT2D eigenvalue weighted by atomic mass is 9.91. The van der Waals surface area contributed by atoms with E-state index in [1.165, 1.54) is 0 Å². The maximum atomic E-state index is 11.3. The molecule has 13 heavy (non-hydrogen) atoms. The van der Waals surface area contributed by atoms with Crippen LogP contribution in [0.5, 0.6) is 0 Å². The summed E-state index contributed by atoms with van der Waals surface area (Å²) < 4.78 is 0. The molecule has 74 valence electrons. The SMILES string of the molecule is NC1CCC(N2CCNC2=O)CC1. The fourth-order valence-corrected chi connectivity index (χ4v) is 2.25. The predicted molar refractivity (Wildman–Crippen MR) is 50.3 cm³/mol. The molecule has 0 aromatic carbocycles. The van der Waals surface area contributed by atoms with Crippen molar-refractivity contribution in [2.45, 2.75) is 37.8 Å². The molecule has 0 bridgehead atoms. The van der Waals surface area contributed by atoms with Gasteiger partial charge in [0.1, 0.15) is 0 Å². The summed E-state index contributed by atoms with van der Waals surface area (Å²) in [6, 6.07) is 0.921. The van der Waals surface area contributed by atoms with Crippen molar-refractivity contribution in [3.05, 3.63) is 0 Å². The molecular formula is C9H17N3O. The van der Waals surface area contributed by atoms with Gasteiger partial charge in [0.25, 0.3) is 0 Å². The second-order valence-corrected chi connectivity index (χ2v) is 3.99. The largest absolute Gasteiger partial charge is 0.336 e. The van der Waals surface area contributed by atoms with Gasteiger partial charge in [0.15, 0.2) is 0 Å². The molecule has 1 heterocycles. The summed E-state index contributed by atoms with van der Waals surface area (Å²) in [4.78, 5) is 13.3. The first-order valence-electron chi connectivity index (χ1n) is 5.07. The zero-order chi connectivity index (χ0) is 9.26. The van der Waals surface area contributed by atoms with Gasteiger partial charge in [-0.2, -0.15) is 0 Å². The van der Waals surface area contributed by atoms with Crippen molar-refractivity contribution in [2.75, 3.05) is 13.1 Å². The van der Waals surface area contributed by atoms with Gasteiger partial charge in [0.05, 0.1) is 0 Å². The molecule has 3 N–H and O–H groups in total. The summed E-state index contributed by atoms with van der Waals surface area (Å²) in [5.74, 6) is 0. The first-order valence-corrected chi connectivity index (χ1v) is 5.07. The van der Waals surface area contributed by atoms with E-state index in [1.807, 2.05) is 4.90 Å². The molecule has 2 amide bonds. The van der Waals surface area contributed by atoms with Crippen molar-refractivity contribution in [2.24, 2.45) is 5.73 Å². The zero-order valence-electron chi connectivity index (χ0n) is 7.83. The maximum absolute atomic E-state index is 11.3. The minimum Gasteiger partial charge on any atom is -0.336 e. The Morgan fingerprint density at radius 3 is 2.54 bits per heavy atom. The van der Waals surface area contributed by atoms with Gasteiger partial charge in [-0.1, -0.05) is 0 Å². The fraction of sp³-hybridized carbons (Fsp3) is 0.889. The third-order valence-electron chi connectivity index (χ3n) is 3.07. The molecule has 2 fully saturated rings. The Balaban J connectivity index is 1.90. The Hall–Kier alpha value is -0.770. The van der Waals surface area contributed by atoms with Crippen LogP contribution in [0.15, 0.2) is 0 Å². The molecule has 2 rings (SSSR count). The Labute approximate surface area is 78.5 Å². The van der Waals surface area contributed by atoms with Crippen LogP contribution >= 0.6 is 0 Å². The third-order valence-corrected chi connectivity index (χ3v) is 3.07. The number of amides is 2. The first-order chi connectivity index (χ1) is 6.27. The van der Waals surface area contributed by atoms with Crippen LogP contribution in [-0.2, 0) is 0 Å². The second-order valence-electron chi connectivity index (χ2n) is 3.99. The number of carbonyl (C=O) groups excluding carboxylic acids is 1. The molecule has 2 aliphatic rings. The number of rotatable bonds is 1. The first kappa shape index (κ1) is 8.81. The lowest BCUT2D eigenvalue weighted by molar-refractivity contribution is 0.175. The van der Waals surface area contributed by atoms with E-state index < -0.39 is 0 Å². The Bertz CT molecular complexity index is 199. The summed E-state index contributed by atoms with van der Waals surface area (Å²) in [6.07, 6.45) is 4.28. The summed E-state index contributed by atoms with van der Waals surface area (Å²) in [5, 5.41) is 2.83. The summed E-state index contributed by atoms with van der Waals surface area (Å²) in [7, 11) is 0. The van der Waals surface area contributed by atoms with Gasteiger partial charge < -0.3 is 16.0 Å². The molecule has 1 aliphatic heterocycles. The van der Waals surface area contributed by atoms with E-state index in [9.17, 15) is 4.79 Å². The van der Waals surface area contributed by atoms with Crippen LogP contribution in [0, 0.1) is 0 Å². The Kier molecular flexibility index (Phi) is 2.40. The number of carbonyl (C=O) groups is 1. The van der Waals surface area contributed by atoms with Crippen LogP contribution in [0.3, 0.4) is 0 Å². The number of nitrogens with one attached hydrogen (secondary N) is 1. The van der Waals surface area contributed by atoms with Gasteiger partial charge in [0, 0.05) is 25.2 Å². The zero-order valence-corrected chi connectivity index (χ0v) is 7.83. The number of hydrogen-bond acceptors (Lipinski definition) is 2. The van der Waals surface area contributed by atoms with Crippen molar-refractivity contribution in [3.8, 4) is 0 Å². The normalized spacial score (nSPS) is 34.8. The highest BCUT2D eigenvalue weighted by Crippen LogP contribution is 2.22. The van der Waals surface area contributed by atoms with E-state index in [1.54, 1.807) is 0 Å². The maximum Gasteiger partial charge on any atom is 0.317 e. The van der Waals surface area contributed by atoms with Crippen molar-refractivity contribution < 1.29 is 4.79 Å². The predicted octanol–water partition coefficient (Wildman–Crippen LogP) is 0.281. The van der Waals surface area contributed by atoms with Crippen molar-refractivity contribution in [1.82, 2.24) is 10.2 Å². The van der Waals surface area contributed by atoms with Crippen LogP contribution in [0.4, 0.5) is 4.79 Å². The second kappa shape index (κ2) is 3.54. The van der Waals surface area contributed by atoms with Crippen molar-refractivity contribution in [3.63, 3.8) is 0 Å². The van der Waals surface area contributed by atoms with Crippen molar-refractivity contribution >= 4 is 6.03 Å². The van der Waals surface area contributed by atoms with Gasteiger partial charge >= 0.3 is 6.03 Å². The minimum atomic E-state index is 0.112. The smallest absolute Gasteiger partial charge is 0.317 e. The quantitative estimate of drug-likeness (QED) is 0.613. The van der Waals surface area contributed by atoms with Gasteiger partial charge in [-0.05, 0) is 25.7 Å². The summed E-state index contributed by atoms with van der Waals surface area (Å²) in [5.41, 5.74) is 5.81. The van der Waals surface area contributed by atoms with Crippen molar-refractivity contribution in [1.29, 1.82) is 0 Å². The van der Waals surface area contributed by atoms with Gasteiger partial charge in [-0.25, -0.2) is 4.79 Å². The molecule has 0 spiro atoms. The number of urea groups is 1. The van der Waals surface area contributed by atoms with E-state index in [0.717, 1.165) is 38.8 Å². The molecule has 1 saturated carbocycles. The highest BCUT2D eigenvalue weighted by Gasteiger charge is 2.30. The van der Waals surface area contributed by atoms with Crippen LogP contribution < -0.4 is 11.1 Å². The number of hydrogen-bond donors (Lipinski definition) is 2. The standard InChI is InChI=1S/C9H17N3O/c10-7-1-3-8(4-2-7)12-6-5-11-9(12)13/h7-8H,1-6,10H2,(H,11,13). The van der Waals surface area contributed by atoms with Crippen LogP contribution in [0.1, 0.15) is 25.7 Å². The molecule has 0 unspecified atom stereocenters. The van der Waals surface area contributed by atoms with Gasteiger partial charge in [-0.3, -0.25) is 0 Å². The molecule has 4 nitrogen and oxygen atoms in total. The lowest BCUT2D eigenvalue weighted by Gasteiger charge is -2.32. The molecule has 0 atom stereocenters. The van der Waals surface area contributed by atoms with E-state index in [-0.39, 0.29) is 6.03 Å². The van der Waals surface area contributed by atoms with E-state index in [2.05, 4.69) is 5.32 Å². The highest BCUT2D eigenvalue weighted by molar-refractivity contribution is 5.76. The van der Waals surface area contributed by atoms with Crippen LogP contribution in [0.25, 0.3) is 0 Å². The molecule has 1 saturated heterocycles. The molecule has 4 heteroatoms. The molecule has 0 aromatic heterocycles. The molecule has 0 radical (unpaired) electrons. The fourth-order valence-electron chi connectivity index (χ4n) is 2.25. The topological polar surface area (TPSA) is 58.4 Å². The summed E-state index contributed by atoms with van der Waals surface area (Å²) in [6.45, 7) is 1.68. The number of nitrogens with two attached hydrogens (primary N) is 1. The third kappa shape index (κ3) is 1.77. The average Bonchev–Trinajstić information content (AvgIpc) is 2.53. The molecule has 1 aliphatic carbocycles. The monoisotopic (exact) mass is 183 g/mol. The molecular weight excluding hydrogens is 166 g/mol.